The number of hydrogen-bond acceptors (Lipinski definition) is 4. The van der Waals surface area contributed by atoms with Gasteiger partial charge in [-0.2, -0.15) is 13.2 Å². The molecule has 4 nitrogen and oxygen atoms in total. The highest BCUT2D eigenvalue weighted by atomic mass is 19.4. The molecule has 1 atom stereocenters. The predicted molar refractivity (Wildman–Crippen MR) is 51.4 cm³/mol. The van der Waals surface area contributed by atoms with Crippen LogP contribution >= 0.6 is 0 Å². The van der Waals surface area contributed by atoms with Crippen LogP contribution in [0.4, 0.5) is 19.1 Å². The lowest BCUT2D eigenvalue weighted by molar-refractivity contribution is -0.141. The maximum Gasteiger partial charge on any atom is 0.433 e. The molecular weight excluding hydrogens is 221 g/mol. The van der Waals surface area contributed by atoms with E-state index in [-0.39, 0.29) is 12.0 Å². The van der Waals surface area contributed by atoms with Gasteiger partial charge < -0.3 is 11.1 Å². The summed E-state index contributed by atoms with van der Waals surface area (Å²) in [5.41, 5.74) is 4.61. The van der Waals surface area contributed by atoms with Crippen molar-refractivity contribution < 1.29 is 13.2 Å². The topological polar surface area (TPSA) is 63.8 Å². The summed E-state index contributed by atoms with van der Waals surface area (Å²) < 4.78 is 37.4. The van der Waals surface area contributed by atoms with Gasteiger partial charge in [-0.25, -0.2) is 9.97 Å². The lowest BCUT2D eigenvalue weighted by atomic mass is 10.1. The van der Waals surface area contributed by atoms with Crippen molar-refractivity contribution in [3.8, 4) is 0 Å². The molecule has 2 heterocycles. The Morgan fingerprint density at radius 2 is 2.12 bits per heavy atom. The molecule has 3 N–H and O–H groups in total. The van der Waals surface area contributed by atoms with Crippen LogP contribution in [0.2, 0.25) is 0 Å². The normalized spacial score (nSPS) is 21.3. The summed E-state index contributed by atoms with van der Waals surface area (Å²) in [6.07, 6.45) is -2.78. The number of alkyl halides is 3. The number of anilines is 1. The van der Waals surface area contributed by atoms with E-state index in [1.54, 1.807) is 0 Å². The molecule has 1 aromatic heterocycles. The molecule has 0 aromatic carbocycles. The maximum absolute atomic E-state index is 12.5. The highest BCUT2D eigenvalue weighted by Gasteiger charge is 2.34. The molecule has 16 heavy (non-hydrogen) atoms. The fourth-order valence-electron chi connectivity index (χ4n) is 1.75. The van der Waals surface area contributed by atoms with Gasteiger partial charge in [0.05, 0.1) is 5.69 Å². The Morgan fingerprint density at radius 1 is 1.38 bits per heavy atom. The molecule has 2 rings (SSSR count). The zero-order valence-corrected chi connectivity index (χ0v) is 8.38. The van der Waals surface area contributed by atoms with Crippen LogP contribution in [0.3, 0.4) is 0 Å². The number of halogens is 3. The Morgan fingerprint density at radius 3 is 2.69 bits per heavy atom. The molecule has 0 amide bonds. The SMILES string of the molecule is Nc1nc(C2CCCN2)cc(C(F)(F)F)n1. The molecule has 1 fully saturated rings. The van der Waals surface area contributed by atoms with Crippen LogP contribution in [-0.2, 0) is 6.18 Å². The van der Waals surface area contributed by atoms with Crippen molar-refractivity contribution in [3.05, 3.63) is 17.5 Å². The highest BCUT2D eigenvalue weighted by molar-refractivity contribution is 5.26. The monoisotopic (exact) mass is 232 g/mol. The van der Waals surface area contributed by atoms with Crippen LogP contribution in [0.15, 0.2) is 6.07 Å². The lowest BCUT2D eigenvalue weighted by Crippen LogP contribution is -2.18. The molecule has 0 bridgehead atoms. The Labute approximate surface area is 90.1 Å². The van der Waals surface area contributed by atoms with Gasteiger partial charge in [-0.05, 0) is 25.5 Å². The third-order valence-electron chi connectivity index (χ3n) is 2.47. The maximum atomic E-state index is 12.5. The number of rotatable bonds is 1. The Bertz CT molecular complexity index is 385. The second-order valence-corrected chi connectivity index (χ2v) is 3.68. The third kappa shape index (κ3) is 2.24. The summed E-state index contributed by atoms with van der Waals surface area (Å²) in [4.78, 5) is 7.02. The van der Waals surface area contributed by atoms with E-state index in [2.05, 4.69) is 15.3 Å². The van der Waals surface area contributed by atoms with E-state index >= 15 is 0 Å². The highest BCUT2D eigenvalue weighted by Crippen LogP contribution is 2.30. The van der Waals surface area contributed by atoms with Crippen LogP contribution < -0.4 is 11.1 Å². The first-order valence-electron chi connectivity index (χ1n) is 4.92. The van der Waals surface area contributed by atoms with Gasteiger partial charge in [-0.3, -0.25) is 0 Å². The van der Waals surface area contributed by atoms with E-state index in [1.165, 1.54) is 0 Å². The molecular formula is C9H11F3N4. The van der Waals surface area contributed by atoms with Crippen molar-refractivity contribution >= 4 is 5.95 Å². The van der Waals surface area contributed by atoms with Crippen LogP contribution in [0.1, 0.15) is 30.3 Å². The summed E-state index contributed by atoms with van der Waals surface area (Å²) in [7, 11) is 0. The van der Waals surface area contributed by atoms with Gasteiger partial charge in [0.15, 0.2) is 0 Å². The summed E-state index contributed by atoms with van der Waals surface area (Å²) in [5, 5.41) is 3.07. The van der Waals surface area contributed by atoms with Gasteiger partial charge in [-0.15, -0.1) is 0 Å². The number of hydrogen-bond donors (Lipinski definition) is 2. The van der Waals surface area contributed by atoms with Crippen molar-refractivity contribution in [1.29, 1.82) is 0 Å². The average Bonchev–Trinajstić information content (AvgIpc) is 2.68. The first-order chi connectivity index (χ1) is 7.47. The van der Waals surface area contributed by atoms with Gasteiger partial charge in [-0.1, -0.05) is 0 Å². The van der Waals surface area contributed by atoms with E-state index in [1.807, 2.05) is 0 Å². The van der Waals surface area contributed by atoms with Gasteiger partial charge in [0.1, 0.15) is 5.69 Å². The quantitative estimate of drug-likeness (QED) is 0.770. The van der Waals surface area contributed by atoms with Crippen molar-refractivity contribution in [1.82, 2.24) is 15.3 Å². The molecule has 0 radical (unpaired) electrons. The van der Waals surface area contributed by atoms with Crippen molar-refractivity contribution in [2.24, 2.45) is 0 Å². The molecule has 1 saturated heterocycles. The lowest BCUT2D eigenvalue weighted by Gasteiger charge is -2.12. The summed E-state index contributed by atoms with van der Waals surface area (Å²) in [6, 6.07) is 0.811. The van der Waals surface area contributed by atoms with Crippen LogP contribution in [0, 0.1) is 0 Å². The number of nitrogens with one attached hydrogen (secondary N) is 1. The minimum atomic E-state index is -4.48. The van der Waals surface area contributed by atoms with Crippen molar-refractivity contribution in [2.75, 3.05) is 12.3 Å². The average molecular weight is 232 g/mol. The zero-order chi connectivity index (χ0) is 11.8. The van der Waals surface area contributed by atoms with E-state index in [4.69, 9.17) is 5.73 Å². The number of nitrogens with two attached hydrogens (primary N) is 1. The molecule has 1 aliphatic rings. The molecule has 0 aliphatic carbocycles. The standard InChI is InChI=1S/C9H11F3N4/c10-9(11,12)7-4-6(15-8(13)16-7)5-2-1-3-14-5/h4-5,14H,1-3H2,(H2,13,15,16). The number of nitrogen functional groups attached to an aromatic ring is 1. The number of aromatic nitrogens is 2. The van der Waals surface area contributed by atoms with Crippen LogP contribution in [0.25, 0.3) is 0 Å². The van der Waals surface area contributed by atoms with Crippen LogP contribution in [-0.4, -0.2) is 16.5 Å². The van der Waals surface area contributed by atoms with Gasteiger partial charge in [0.2, 0.25) is 5.95 Å². The van der Waals surface area contributed by atoms with Gasteiger partial charge in [0.25, 0.3) is 0 Å². The van der Waals surface area contributed by atoms with E-state index < -0.39 is 11.9 Å². The van der Waals surface area contributed by atoms with E-state index in [9.17, 15) is 13.2 Å². The second-order valence-electron chi connectivity index (χ2n) is 3.68. The first-order valence-corrected chi connectivity index (χ1v) is 4.92. The fourth-order valence-corrected chi connectivity index (χ4v) is 1.75. The zero-order valence-electron chi connectivity index (χ0n) is 8.38. The summed E-state index contributed by atoms with van der Waals surface area (Å²) in [5.74, 6) is -0.335. The predicted octanol–water partition coefficient (Wildman–Crippen LogP) is 1.50. The molecule has 88 valence electrons. The van der Waals surface area contributed by atoms with Crippen molar-refractivity contribution in [2.45, 2.75) is 25.1 Å². The Kier molecular flexibility index (Phi) is 2.71. The largest absolute Gasteiger partial charge is 0.433 e. The minimum Gasteiger partial charge on any atom is -0.368 e. The third-order valence-corrected chi connectivity index (χ3v) is 2.47. The van der Waals surface area contributed by atoms with Gasteiger partial charge in [0, 0.05) is 6.04 Å². The molecule has 0 spiro atoms. The first kappa shape index (κ1) is 11.1. The summed E-state index contributed by atoms with van der Waals surface area (Å²) in [6.45, 7) is 0.788. The smallest absolute Gasteiger partial charge is 0.368 e. The summed E-state index contributed by atoms with van der Waals surface area (Å²) >= 11 is 0. The molecule has 7 heteroatoms. The van der Waals surface area contributed by atoms with Crippen molar-refractivity contribution in [3.63, 3.8) is 0 Å². The van der Waals surface area contributed by atoms with E-state index in [0.717, 1.165) is 25.5 Å². The minimum absolute atomic E-state index is 0.147. The molecule has 1 aromatic rings. The Hall–Kier alpha value is -1.37. The fraction of sp³-hybridized carbons (Fsp3) is 0.556. The molecule has 1 unspecified atom stereocenters. The van der Waals surface area contributed by atoms with Crippen LogP contribution in [0.5, 0.6) is 0 Å². The molecule has 0 saturated carbocycles. The number of nitrogens with zero attached hydrogens (tertiary/aromatic N) is 2. The second kappa shape index (κ2) is 3.89. The Balaban J connectivity index is 2.35. The molecule has 1 aliphatic heterocycles. The van der Waals surface area contributed by atoms with E-state index in [0.29, 0.717) is 5.69 Å². The van der Waals surface area contributed by atoms with Gasteiger partial charge >= 0.3 is 6.18 Å².